The van der Waals surface area contributed by atoms with Gasteiger partial charge in [0.2, 0.25) is 5.88 Å². The van der Waals surface area contributed by atoms with Gasteiger partial charge in [-0.3, -0.25) is 14.0 Å². The van der Waals surface area contributed by atoms with Crippen LogP contribution in [-0.2, 0) is 0 Å². The van der Waals surface area contributed by atoms with Crippen molar-refractivity contribution in [2.45, 2.75) is 56.6 Å². The van der Waals surface area contributed by atoms with E-state index in [1.165, 1.54) is 18.4 Å². The fourth-order valence-electron chi connectivity index (χ4n) is 4.33. The largest absolute Gasteiger partial charge is 0.474 e. The second-order valence-electron chi connectivity index (χ2n) is 8.36. The summed E-state index contributed by atoms with van der Waals surface area (Å²) in [5.74, 6) is 0.193. The number of imidazole rings is 1. The minimum Gasteiger partial charge on any atom is -0.474 e. The maximum atomic E-state index is 12.9. The molecule has 3 heterocycles. The highest BCUT2D eigenvalue weighted by molar-refractivity contribution is 5.95. The number of hydrogen-bond acceptors (Lipinski definition) is 5. The quantitative estimate of drug-likeness (QED) is 0.638. The summed E-state index contributed by atoms with van der Waals surface area (Å²) in [7, 11) is 0. The average Bonchev–Trinajstić information content (AvgIpc) is 3.53. The van der Waals surface area contributed by atoms with Gasteiger partial charge in [0.05, 0.1) is 6.20 Å². The number of aromatic nitrogens is 3. The van der Waals surface area contributed by atoms with Gasteiger partial charge >= 0.3 is 0 Å². The van der Waals surface area contributed by atoms with E-state index >= 15 is 0 Å². The van der Waals surface area contributed by atoms with E-state index in [-0.39, 0.29) is 29.5 Å². The van der Waals surface area contributed by atoms with Crippen LogP contribution in [0.15, 0.2) is 42.9 Å². The van der Waals surface area contributed by atoms with Crippen LogP contribution in [0.25, 0.3) is 5.65 Å². The number of fused-ring (bicyclic) bond motifs is 1. The molecule has 2 amide bonds. The Morgan fingerprint density at radius 3 is 2.61 bits per heavy atom. The standard InChI is InChI=1S/C23H25N5O3/c24-20(29)18-3-1-11-25-23(18)31-16-9-7-15(8-10-16)27-22(30)19-13-26-21-17(14-5-6-14)4-2-12-28(19)21/h1-4,11-16H,5-10H2,(H2,24,29)(H,27,30). The Balaban J connectivity index is 1.20. The van der Waals surface area contributed by atoms with Crippen LogP contribution in [-0.4, -0.2) is 38.3 Å². The molecule has 0 radical (unpaired) electrons. The number of rotatable bonds is 6. The van der Waals surface area contributed by atoms with Crippen molar-refractivity contribution in [3.8, 4) is 5.88 Å². The number of carbonyl (C=O) groups excluding carboxylic acids is 2. The molecule has 0 atom stereocenters. The van der Waals surface area contributed by atoms with Crippen molar-refractivity contribution in [3.05, 3.63) is 59.7 Å². The third-order valence-corrected chi connectivity index (χ3v) is 6.14. The Morgan fingerprint density at radius 1 is 1.06 bits per heavy atom. The van der Waals surface area contributed by atoms with Gasteiger partial charge in [0.1, 0.15) is 23.0 Å². The van der Waals surface area contributed by atoms with Crippen LogP contribution in [0.2, 0.25) is 0 Å². The molecule has 2 fully saturated rings. The van der Waals surface area contributed by atoms with Gasteiger partial charge in [-0.25, -0.2) is 9.97 Å². The maximum absolute atomic E-state index is 12.9. The molecule has 3 aromatic rings. The molecule has 8 nitrogen and oxygen atoms in total. The molecular formula is C23H25N5O3. The van der Waals surface area contributed by atoms with Gasteiger partial charge in [0, 0.05) is 18.4 Å². The van der Waals surface area contributed by atoms with Gasteiger partial charge < -0.3 is 15.8 Å². The first-order valence-corrected chi connectivity index (χ1v) is 10.8. The molecule has 2 saturated carbocycles. The zero-order valence-corrected chi connectivity index (χ0v) is 17.2. The molecule has 2 aliphatic carbocycles. The fourth-order valence-corrected chi connectivity index (χ4v) is 4.33. The second kappa shape index (κ2) is 8.02. The lowest BCUT2D eigenvalue weighted by molar-refractivity contribution is 0.0876. The number of primary amides is 1. The lowest BCUT2D eigenvalue weighted by Gasteiger charge is -2.29. The molecule has 160 valence electrons. The number of nitrogens with zero attached hydrogens (tertiary/aromatic N) is 3. The van der Waals surface area contributed by atoms with Crippen molar-refractivity contribution >= 4 is 17.5 Å². The molecule has 0 bridgehead atoms. The summed E-state index contributed by atoms with van der Waals surface area (Å²) >= 11 is 0. The van der Waals surface area contributed by atoms with Crippen molar-refractivity contribution in [1.29, 1.82) is 0 Å². The Labute approximate surface area is 179 Å². The molecule has 31 heavy (non-hydrogen) atoms. The number of pyridine rings is 2. The highest BCUT2D eigenvalue weighted by atomic mass is 16.5. The Bertz CT molecular complexity index is 1130. The smallest absolute Gasteiger partial charge is 0.270 e. The summed E-state index contributed by atoms with van der Waals surface area (Å²) in [5.41, 5.74) is 8.36. The molecule has 0 spiro atoms. The van der Waals surface area contributed by atoms with Crippen LogP contribution in [0.5, 0.6) is 5.88 Å². The van der Waals surface area contributed by atoms with E-state index in [1.807, 2.05) is 16.7 Å². The van der Waals surface area contributed by atoms with Gasteiger partial charge in [0.25, 0.3) is 11.8 Å². The van der Waals surface area contributed by atoms with Gasteiger partial charge in [0.15, 0.2) is 0 Å². The summed E-state index contributed by atoms with van der Waals surface area (Å²) in [5, 5.41) is 3.15. The Kier molecular flexibility index (Phi) is 5.05. The van der Waals surface area contributed by atoms with Gasteiger partial charge in [-0.05, 0) is 68.2 Å². The van der Waals surface area contributed by atoms with Crippen molar-refractivity contribution < 1.29 is 14.3 Å². The van der Waals surface area contributed by atoms with E-state index in [0.29, 0.717) is 11.6 Å². The number of ether oxygens (including phenoxy) is 1. The highest BCUT2D eigenvalue weighted by Crippen LogP contribution is 2.41. The molecule has 0 saturated heterocycles. The predicted molar refractivity (Wildman–Crippen MR) is 114 cm³/mol. The second-order valence-corrected chi connectivity index (χ2v) is 8.36. The molecule has 3 aromatic heterocycles. The first kappa shape index (κ1) is 19.5. The Hall–Kier alpha value is -3.42. The van der Waals surface area contributed by atoms with E-state index in [2.05, 4.69) is 21.4 Å². The summed E-state index contributed by atoms with van der Waals surface area (Å²) in [4.78, 5) is 33.1. The predicted octanol–water partition coefficient (Wildman–Crippen LogP) is 2.83. The molecule has 3 N–H and O–H groups in total. The van der Waals surface area contributed by atoms with Crippen LogP contribution in [0, 0.1) is 0 Å². The van der Waals surface area contributed by atoms with Gasteiger partial charge in [-0.1, -0.05) is 6.07 Å². The molecule has 8 heteroatoms. The van der Waals surface area contributed by atoms with Gasteiger partial charge in [-0.15, -0.1) is 0 Å². The molecule has 0 aliphatic heterocycles. The lowest BCUT2D eigenvalue weighted by atomic mass is 9.93. The first-order valence-electron chi connectivity index (χ1n) is 10.8. The zero-order chi connectivity index (χ0) is 21.4. The molecular weight excluding hydrogens is 394 g/mol. The Morgan fingerprint density at radius 2 is 1.87 bits per heavy atom. The normalized spacial score (nSPS) is 21.0. The van der Waals surface area contributed by atoms with Crippen molar-refractivity contribution in [2.24, 2.45) is 5.73 Å². The fraction of sp³-hybridized carbons (Fsp3) is 0.391. The first-order chi connectivity index (χ1) is 15.1. The summed E-state index contributed by atoms with van der Waals surface area (Å²) < 4.78 is 7.83. The van der Waals surface area contributed by atoms with Gasteiger partial charge in [-0.2, -0.15) is 0 Å². The van der Waals surface area contributed by atoms with E-state index in [1.54, 1.807) is 24.5 Å². The van der Waals surface area contributed by atoms with Crippen molar-refractivity contribution in [3.63, 3.8) is 0 Å². The van der Waals surface area contributed by atoms with Crippen LogP contribution in [0.4, 0.5) is 0 Å². The summed E-state index contributed by atoms with van der Waals surface area (Å²) in [6.07, 6.45) is 10.6. The van der Waals surface area contributed by atoms with E-state index in [0.717, 1.165) is 31.3 Å². The minimum absolute atomic E-state index is 0.0574. The molecule has 2 aliphatic rings. The summed E-state index contributed by atoms with van der Waals surface area (Å²) in [6.45, 7) is 0. The van der Waals surface area contributed by atoms with Crippen LogP contribution in [0.3, 0.4) is 0 Å². The van der Waals surface area contributed by atoms with Crippen LogP contribution >= 0.6 is 0 Å². The third-order valence-electron chi connectivity index (χ3n) is 6.14. The van der Waals surface area contributed by atoms with Crippen molar-refractivity contribution in [2.75, 3.05) is 0 Å². The number of nitrogens with one attached hydrogen (secondary N) is 1. The maximum Gasteiger partial charge on any atom is 0.270 e. The minimum atomic E-state index is -0.554. The van der Waals surface area contributed by atoms with Crippen LogP contribution in [0.1, 0.15) is 70.9 Å². The molecule has 0 aromatic carbocycles. The van der Waals surface area contributed by atoms with E-state index in [9.17, 15) is 9.59 Å². The number of amides is 2. The lowest BCUT2D eigenvalue weighted by Crippen LogP contribution is -2.40. The van der Waals surface area contributed by atoms with Crippen LogP contribution < -0.4 is 15.8 Å². The zero-order valence-electron chi connectivity index (χ0n) is 17.2. The van der Waals surface area contributed by atoms with E-state index in [4.69, 9.17) is 10.5 Å². The molecule has 5 rings (SSSR count). The number of hydrogen-bond donors (Lipinski definition) is 2. The average molecular weight is 419 g/mol. The monoisotopic (exact) mass is 419 g/mol. The molecule has 0 unspecified atom stereocenters. The van der Waals surface area contributed by atoms with Crippen molar-refractivity contribution in [1.82, 2.24) is 19.7 Å². The highest BCUT2D eigenvalue weighted by Gasteiger charge is 2.29. The summed E-state index contributed by atoms with van der Waals surface area (Å²) in [6, 6.07) is 7.44. The number of carbonyl (C=O) groups is 2. The van der Waals surface area contributed by atoms with E-state index < -0.39 is 5.91 Å². The third kappa shape index (κ3) is 3.97. The number of nitrogens with two attached hydrogens (primary N) is 1. The topological polar surface area (TPSA) is 112 Å². The SMILES string of the molecule is NC(=O)c1cccnc1OC1CCC(NC(=O)c2cnc3c(C4CC4)cccn23)CC1.